The zero-order valence-corrected chi connectivity index (χ0v) is 8.19. The van der Waals surface area contributed by atoms with Gasteiger partial charge in [0, 0.05) is 0 Å². The van der Waals surface area contributed by atoms with Crippen molar-refractivity contribution < 1.29 is 14.7 Å². The first-order valence-electron chi connectivity index (χ1n) is 4.45. The molecule has 0 radical (unpaired) electrons. The van der Waals surface area contributed by atoms with Crippen LogP contribution in [0.4, 0.5) is 0 Å². The van der Waals surface area contributed by atoms with Gasteiger partial charge >= 0.3 is 0 Å². The number of phenols is 1. The Balaban J connectivity index is 2.60. The molecular weight excluding hydrogens is 182 g/mol. The van der Waals surface area contributed by atoms with Crippen molar-refractivity contribution in [3.05, 3.63) is 23.8 Å². The van der Waals surface area contributed by atoms with Gasteiger partial charge < -0.3 is 14.7 Å². The van der Waals surface area contributed by atoms with E-state index >= 15 is 0 Å². The summed E-state index contributed by atoms with van der Waals surface area (Å²) in [6.45, 7) is 0.531. The minimum atomic E-state index is 0.159. The highest BCUT2D eigenvalue weighted by atomic mass is 16.6. The molecule has 1 rings (SSSR count). The second-order valence-corrected chi connectivity index (χ2v) is 2.98. The Morgan fingerprint density at radius 3 is 2.86 bits per heavy atom. The molecule has 0 atom stereocenters. The first-order chi connectivity index (χ1) is 6.77. The lowest BCUT2D eigenvalue weighted by atomic mass is 10.1. The van der Waals surface area contributed by atoms with Crippen LogP contribution in [-0.2, 0) is 11.3 Å². The monoisotopic (exact) mass is 197 g/mol. The number of ether oxygens (including phenoxy) is 1. The van der Waals surface area contributed by atoms with Crippen molar-refractivity contribution in [1.82, 2.24) is 0 Å². The lowest BCUT2D eigenvalue weighted by Crippen LogP contribution is -2.01. The fraction of sp³-hybridized carbons (Fsp3) is 0.400. The molecule has 78 valence electrons. The largest absolute Gasteiger partial charge is 0.504 e. The molecule has 0 aliphatic heterocycles. The van der Waals surface area contributed by atoms with Crippen LogP contribution in [-0.4, -0.2) is 18.8 Å². The Hall–Kier alpha value is -1.26. The Bertz CT molecular complexity index is 289. The molecule has 3 N–H and O–H groups in total. The molecule has 0 aliphatic carbocycles. The molecule has 0 saturated carbocycles. The van der Waals surface area contributed by atoms with Gasteiger partial charge in [-0.3, -0.25) is 0 Å². The van der Waals surface area contributed by atoms with Crippen molar-refractivity contribution in [3.63, 3.8) is 0 Å². The molecule has 1 aromatic rings. The summed E-state index contributed by atoms with van der Waals surface area (Å²) >= 11 is 0. The van der Waals surface area contributed by atoms with Crippen molar-refractivity contribution in [2.75, 3.05) is 13.7 Å². The van der Waals surface area contributed by atoms with Crippen LogP contribution >= 0.6 is 0 Å². The van der Waals surface area contributed by atoms with E-state index in [1.807, 2.05) is 12.1 Å². The second kappa shape index (κ2) is 5.47. The maximum absolute atomic E-state index is 9.34. The summed E-state index contributed by atoms with van der Waals surface area (Å²) in [7, 11) is 1.53. The van der Waals surface area contributed by atoms with Gasteiger partial charge in [0.2, 0.25) is 0 Å². The zero-order valence-electron chi connectivity index (χ0n) is 8.19. The summed E-state index contributed by atoms with van der Waals surface area (Å²) in [6, 6.07) is 5.29. The summed E-state index contributed by atoms with van der Waals surface area (Å²) in [5, 5.41) is 9.34. The Morgan fingerprint density at radius 2 is 2.21 bits per heavy atom. The van der Waals surface area contributed by atoms with Gasteiger partial charge in [-0.15, -0.1) is 0 Å². The molecule has 0 saturated heterocycles. The van der Waals surface area contributed by atoms with Crippen LogP contribution in [0.2, 0.25) is 0 Å². The molecule has 0 heterocycles. The van der Waals surface area contributed by atoms with Gasteiger partial charge in [0.1, 0.15) is 0 Å². The van der Waals surface area contributed by atoms with Crippen molar-refractivity contribution in [2.45, 2.75) is 12.8 Å². The van der Waals surface area contributed by atoms with Crippen molar-refractivity contribution in [1.29, 1.82) is 0 Å². The predicted octanol–water partition coefficient (Wildman–Crippen LogP) is 1.22. The molecule has 0 fully saturated rings. The smallest absolute Gasteiger partial charge is 0.160 e. The van der Waals surface area contributed by atoms with E-state index in [4.69, 9.17) is 10.6 Å². The van der Waals surface area contributed by atoms with Gasteiger partial charge in [0.25, 0.3) is 0 Å². The maximum Gasteiger partial charge on any atom is 0.160 e. The summed E-state index contributed by atoms with van der Waals surface area (Å²) in [5.74, 6) is 5.56. The lowest BCUT2D eigenvalue weighted by molar-refractivity contribution is 0.135. The lowest BCUT2D eigenvalue weighted by Gasteiger charge is -2.06. The number of rotatable bonds is 5. The zero-order chi connectivity index (χ0) is 10.4. The molecule has 0 unspecified atom stereocenters. The van der Waals surface area contributed by atoms with Crippen LogP contribution in [0, 0.1) is 0 Å². The molecular formula is C10H15NO3. The van der Waals surface area contributed by atoms with E-state index in [1.54, 1.807) is 6.07 Å². The maximum atomic E-state index is 9.34. The molecule has 4 nitrogen and oxygen atoms in total. The van der Waals surface area contributed by atoms with Gasteiger partial charge in [-0.25, -0.2) is 5.90 Å². The minimum Gasteiger partial charge on any atom is -0.504 e. The van der Waals surface area contributed by atoms with Crippen molar-refractivity contribution in [2.24, 2.45) is 5.90 Å². The SMILES string of the molecule is COc1cc(CCCON)ccc1O. The standard InChI is InChI=1S/C10H15NO3/c1-13-10-7-8(3-2-6-14-11)4-5-9(10)12/h4-5,7,12H,2-3,6,11H2,1H3. The quantitative estimate of drug-likeness (QED) is 0.550. The highest BCUT2D eigenvalue weighted by Crippen LogP contribution is 2.26. The van der Waals surface area contributed by atoms with E-state index in [2.05, 4.69) is 4.84 Å². The summed E-state index contributed by atoms with van der Waals surface area (Å²) in [5.41, 5.74) is 1.09. The molecule has 0 bridgehead atoms. The molecule has 0 spiro atoms. The number of benzene rings is 1. The number of aryl methyl sites for hydroxylation is 1. The van der Waals surface area contributed by atoms with Gasteiger partial charge in [0.15, 0.2) is 11.5 Å². The molecule has 1 aromatic carbocycles. The van der Waals surface area contributed by atoms with E-state index in [0.29, 0.717) is 12.4 Å². The highest BCUT2D eigenvalue weighted by Gasteiger charge is 2.02. The minimum absolute atomic E-state index is 0.159. The molecule has 0 amide bonds. The Morgan fingerprint density at radius 1 is 1.43 bits per heavy atom. The molecule has 4 heteroatoms. The fourth-order valence-electron chi connectivity index (χ4n) is 1.24. The van der Waals surface area contributed by atoms with E-state index in [1.165, 1.54) is 7.11 Å². The number of nitrogens with two attached hydrogens (primary N) is 1. The van der Waals surface area contributed by atoms with Crippen LogP contribution < -0.4 is 10.6 Å². The third-order valence-electron chi connectivity index (χ3n) is 1.97. The van der Waals surface area contributed by atoms with Crippen LogP contribution in [0.25, 0.3) is 0 Å². The van der Waals surface area contributed by atoms with E-state index in [0.717, 1.165) is 18.4 Å². The van der Waals surface area contributed by atoms with Crippen LogP contribution in [0.5, 0.6) is 11.5 Å². The third-order valence-corrected chi connectivity index (χ3v) is 1.97. The topological polar surface area (TPSA) is 64.7 Å². The number of aromatic hydroxyl groups is 1. The summed E-state index contributed by atoms with van der Waals surface area (Å²) in [6.07, 6.45) is 1.71. The number of hydrogen-bond donors (Lipinski definition) is 2. The van der Waals surface area contributed by atoms with Crippen molar-refractivity contribution in [3.8, 4) is 11.5 Å². The van der Waals surface area contributed by atoms with E-state index in [9.17, 15) is 5.11 Å². The van der Waals surface area contributed by atoms with Crippen LogP contribution in [0.15, 0.2) is 18.2 Å². The van der Waals surface area contributed by atoms with E-state index in [-0.39, 0.29) is 5.75 Å². The van der Waals surface area contributed by atoms with Crippen LogP contribution in [0.3, 0.4) is 0 Å². The normalized spacial score (nSPS) is 10.1. The Labute approximate surface area is 83.2 Å². The average Bonchev–Trinajstić information content (AvgIpc) is 2.21. The summed E-state index contributed by atoms with van der Waals surface area (Å²) < 4.78 is 4.99. The molecule has 0 aromatic heterocycles. The second-order valence-electron chi connectivity index (χ2n) is 2.98. The highest BCUT2D eigenvalue weighted by molar-refractivity contribution is 5.41. The van der Waals surface area contributed by atoms with Gasteiger partial charge in [-0.2, -0.15) is 0 Å². The third kappa shape index (κ3) is 2.90. The molecule has 0 aliphatic rings. The van der Waals surface area contributed by atoms with Gasteiger partial charge in [-0.05, 0) is 30.5 Å². The average molecular weight is 197 g/mol. The number of hydrogen-bond acceptors (Lipinski definition) is 4. The van der Waals surface area contributed by atoms with Crippen LogP contribution in [0.1, 0.15) is 12.0 Å². The van der Waals surface area contributed by atoms with Gasteiger partial charge in [-0.1, -0.05) is 6.07 Å². The predicted molar refractivity (Wildman–Crippen MR) is 53.1 cm³/mol. The molecule has 14 heavy (non-hydrogen) atoms. The van der Waals surface area contributed by atoms with Gasteiger partial charge in [0.05, 0.1) is 13.7 Å². The van der Waals surface area contributed by atoms with E-state index < -0.39 is 0 Å². The van der Waals surface area contributed by atoms with Crippen molar-refractivity contribution >= 4 is 0 Å². The Kier molecular flexibility index (Phi) is 4.22. The fourth-order valence-corrected chi connectivity index (χ4v) is 1.24. The summed E-state index contributed by atoms with van der Waals surface area (Å²) in [4.78, 5) is 4.46. The first kappa shape index (κ1) is 10.8. The number of methoxy groups -OCH3 is 1. The first-order valence-corrected chi connectivity index (χ1v) is 4.45. The number of phenolic OH excluding ortho intramolecular Hbond substituents is 1.